The van der Waals surface area contributed by atoms with Gasteiger partial charge in [0.05, 0.1) is 18.5 Å². The number of hydrogen-bond donors (Lipinski definition) is 1. The normalized spacial score (nSPS) is 10.3. The van der Waals surface area contributed by atoms with Gasteiger partial charge in [-0.25, -0.2) is 4.39 Å². The molecule has 0 aliphatic heterocycles. The third-order valence-corrected chi connectivity index (χ3v) is 3.73. The van der Waals surface area contributed by atoms with Crippen molar-refractivity contribution in [3.8, 4) is 5.88 Å². The fraction of sp³-hybridized carbons (Fsp3) is 0.308. The molecule has 2 aromatic rings. The Hall–Kier alpha value is -1.82. The molecule has 102 valence electrons. The SMILES string of the molecule is COc1nc(N(C)C)sc1CNc1ccc(F)cc1. The molecule has 6 heteroatoms. The van der Waals surface area contributed by atoms with Crippen LogP contribution in [-0.4, -0.2) is 26.2 Å². The highest BCUT2D eigenvalue weighted by molar-refractivity contribution is 7.15. The molecule has 0 fully saturated rings. The van der Waals surface area contributed by atoms with Crippen LogP contribution in [-0.2, 0) is 6.54 Å². The summed E-state index contributed by atoms with van der Waals surface area (Å²) in [7, 11) is 5.49. The molecule has 0 radical (unpaired) electrons. The lowest BCUT2D eigenvalue weighted by atomic mass is 10.3. The molecule has 0 aliphatic carbocycles. The first kappa shape index (κ1) is 13.6. The molecule has 0 bridgehead atoms. The monoisotopic (exact) mass is 281 g/mol. The summed E-state index contributed by atoms with van der Waals surface area (Å²) >= 11 is 1.57. The van der Waals surface area contributed by atoms with Crippen molar-refractivity contribution >= 4 is 22.2 Å². The van der Waals surface area contributed by atoms with Crippen LogP contribution in [0.25, 0.3) is 0 Å². The molecule has 0 spiro atoms. The van der Waals surface area contributed by atoms with E-state index in [0.29, 0.717) is 12.4 Å². The summed E-state index contributed by atoms with van der Waals surface area (Å²) in [5.74, 6) is 0.388. The number of nitrogens with zero attached hydrogens (tertiary/aromatic N) is 2. The average Bonchev–Trinajstić information content (AvgIpc) is 2.81. The highest BCUT2D eigenvalue weighted by atomic mass is 32.1. The Balaban J connectivity index is 2.08. The third kappa shape index (κ3) is 3.35. The zero-order valence-corrected chi connectivity index (χ0v) is 11.9. The smallest absolute Gasteiger partial charge is 0.231 e. The second-order valence-electron chi connectivity index (χ2n) is 4.18. The molecule has 0 saturated heterocycles. The Morgan fingerprint density at radius 1 is 1.32 bits per heavy atom. The van der Waals surface area contributed by atoms with Crippen LogP contribution in [0, 0.1) is 5.82 Å². The maximum Gasteiger partial charge on any atom is 0.231 e. The first-order valence-electron chi connectivity index (χ1n) is 5.80. The van der Waals surface area contributed by atoms with E-state index in [-0.39, 0.29) is 5.82 Å². The van der Waals surface area contributed by atoms with E-state index in [9.17, 15) is 4.39 Å². The van der Waals surface area contributed by atoms with Gasteiger partial charge in [0.2, 0.25) is 5.88 Å². The molecule has 0 unspecified atom stereocenters. The quantitative estimate of drug-likeness (QED) is 0.914. The van der Waals surface area contributed by atoms with E-state index in [1.807, 2.05) is 19.0 Å². The zero-order valence-electron chi connectivity index (χ0n) is 11.1. The average molecular weight is 281 g/mol. The topological polar surface area (TPSA) is 37.4 Å². The van der Waals surface area contributed by atoms with Crippen LogP contribution in [0.3, 0.4) is 0 Å². The minimum atomic E-state index is -0.240. The van der Waals surface area contributed by atoms with Gasteiger partial charge in [-0.3, -0.25) is 0 Å². The Labute approximate surface area is 115 Å². The van der Waals surface area contributed by atoms with Crippen molar-refractivity contribution in [2.24, 2.45) is 0 Å². The molecular weight excluding hydrogens is 265 g/mol. The summed E-state index contributed by atoms with van der Waals surface area (Å²) in [6.45, 7) is 0.598. The van der Waals surface area contributed by atoms with Gasteiger partial charge in [-0.1, -0.05) is 11.3 Å². The number of ether oxygens (including phenoxy) is 1. The Morgan fingerprint density at radius 2 is 2.00 bits per heavy atom. The van der Waals surface area contributed by atoms with Crippen LogP contribution in [0.5, 0.6) is 5.88 Å². The maximum atomic E-state index is 12.8. The second kappa shape index (κ2) is 5.88. The number of thiazole rings is 1. The Bertz CT molecular complexity index is 539. The van der Waals surface area contributed by atoms with E-state index < -0.39 is 0 Å². The van der Waals surface area contributed by atoms with Gasteiger partial charge in [0, 0.05) is 19.8 Å². The minimum absolute atomic E-state index is 0.240. The molecule has 1 N–H and O–H groups in total. The summed E-state index contributed by atoms with van der Waals surface area (Å²) in [5.41, 5.74) is 0.864. The van der Waals surface area contributed by atoms with E-state index in [4.69, 9.17) is 4.74 Å². The summed E-state index contributed by atoms with van der Waals surface area (Å²) in [4.78, 5) is 7.33. The van der Waals surface area contributed by atoms with E-state index in [1.165, 1.54) is 12.1 Å². The van der Waals surface area contributed by atoms with Crippen LogP contribution in [0.2, 0.25) is 0 Å². The van der Waals surface area contributed by atoms with Crippen molar-refractivity contribution in [3.63, 3.8) is 0 Å². The van der Waals surface area contributed by atoms with Crippen molar-refractivity contribution in [2.75, 3.05) is 31.4 Å². The van der Waals surface area contributed by atoms with E-state index in [1.54, 1.807) is 30.6 Å². The molecule has 1 heterocycles. The van der Waals surface area contributed by atoms with Crippen molar-refractivity contribution in [2.45, 2.75) is 6.54 Å². The molecule has 1 aromatic heterocycles. The molecule has 4 nitrogen and oxygen atoms in total. The van der Waals surface area contributed by atoms with Gasteiger partial charge in [-0.15, -0.1) is 0 Å². The van der Waals surface area contributed by atoms with E-state index in [0.717, 1.165) is 15.7 Å². The fourth-order valence-electron chi connectivity index (χ4n) is 1.54. The molecule has 1 aromatic carbocycles. The van der Waals surface area contributed by atoms with Crippen LogP contribution in [0.1, 0.15) is 4.88 Å². The third-order valence-electron chi connectivity index (χ3n) is 2.52. The number of methoxy groups -OCH3 is 1. The molecule has 2 rings (SSSR count). The second-order valence-corrected chi connectivity index (χ2v) is 5.25. The number of aromatic nitrogens is 1. The molecular formula is C13H16FN3OS. The van der Waals surface area contributed by atoms with E-state index in [2.05, 4.69) is 10.3 Å². The summed E-state index contributed by atoms with van der Waals surface area (Å²) in [6.07, 6.45) is 0. The number of anilines is 2. The van der Waals surface area contributed by atoms with Crippen molar-refractivity contribution in [1.29, 1.82) is 0 Å². The van der Waals surface area contributed by atoms with Crippen LogP contribution >= 0.6 is 11.3 Å². The van der Waals surface area contributed by atoms with Gasteiger partial charge in [0.1, 0.15) is 5.82 Å². The molecule has 0 amide bonds. The lowest BCUT2D eigenvalue weighted by molar-refractivity contribution is 0.397. The summed E-state index contributed by atoms with van der Waals surface area (Å²) in [5, 5.41) is 4.12. The first-order chi connectivity index (χ1) is 9.10. The van der Waals surface area contributed by atoms with Crippen LogP contribution < -0.4 is 15.0 Å². The van der Waals surface area contributed by atoms with Crippen molar-refractivity contribution < 1.29 is 9.13 Å². The van der Waals surface area contributed by atoms with Gasteiger partial charge in [-0.05, 0) is 24.3 Å². The number of halogens is 1. The van der Waals surface area contributed by atoms with Crippen molar-refractivity contribution in [1.82, 2.24) is 4.98 Å². The Morgan fingerprint density at radius 3 is 2.58 bits per heavy atom. The molecule has 0 saturated carbocycles. The molecule has 0 aliphatic rings. The highest BCUT2D eigenvalue weighted by Crippen LogP contribution is 2.30. The van der Waals surface area contributed by atoms with Crippen LogP contribution in [0.4, 0.5) is 15.2 Å². The number of hydrogen-bond acceptors (Lipinski definition) is 5. The molecule has 0 atom stereocenters. The van der Waals surface area contributed by atoms with Gasteiger partial charge in [-0.2, -0.15) is 4.98 Å². The standard InChI is InChI=1S/C13H16FN3OS/c1-17(2)13-16-12(18-3)11(19-13)8-15-10-6-4-9(14)5-7-10/h4-7,15H,8H2,1-3H3. The number of benzene rings is 1. The largest absolute Gasteiger partial charge is 0.480 e. The maximum absolute atomic E-state index is 12.8. The lowest BCUT2D eigenvalue weighted by Crippen LogP contribution is -2.07. The summed E-state index contributed by atoms with van der Waals surface area (Å²) in [6, 6.07) is 6.26. The minimum Gasteiger partial charge on any atom is -0.480 e. The van der Waals surface area contributed by atoms with Gasteiger partial charge in [0.25, 0.3) is 0 Å². The summed E-state index contributed by atoms with van der Waals surface area (Å²) < 4.78 is 18.1. The van der Waals surface area contributed by atoms with Gasteiger partial charge < -0.3 is 15.0 Å². The lowest BCUT2D eigenvalue weighted by Gasteiger charge is -2.05. The first-order valence-corrected chi connectivity index (χ1v) is 6.62. The Kier molecular flexibility index (Phi) is 4.21. The highest BCUT2D eigenvalue weighted by Gasteiger charge is 2.12. The number of rotatable bonds is 5. The fourth-order valence-corrected chi connectivity index (χ4v) is 2.43. The zero-order chi connectivity index (χ0) is 13.8. The van der Waals surface area contributed by atoms with Gasteiger partial charge >= 0.3 is 0 Å². The van der Waals surface area contributed by atoms with E-state index >= 15 is 0 Å². The predicted molar refractivity (Wildman–Crippen MR) is 76.7 cm³/mol. The number of nitrogens with one attached hydrogen (secondary N) is 1. The van der Waals surface area contributed by atoms with Crippen LogP contribution in [0.15, 0.2) is 24.3 Å². The molecule has 19 heavy (non-hydrogen) atoms. The predicted octanol–water partition coefficient (Wildman–Crippen LogP) is 2.97. The van der Waals surface area contributed by atoms with Gasteiger partial charge in [0.15, 0.2) is 5.13 Å². The van der Waals surface area contributed by atoms with Crippen molar-refractivity contribution in [3.05, 3.63) is 35.0 Å².